The number of unbranched alkanes of at least 4 members (excludes halogenated alkanes) is 2. The van der Waals surface area contributed by atoms with E-state index in [2.05, 4.69) is 59.8 Å². The normalized spacial score (nSPS) is 32.7. The topological polar surface area (TPSA) is 66.5 Å². The molecule has 3 amide bonds. The molecule has 8 heteroatoms. The number of imide groups is 1. The molecule has 3 aliphatic rings. The summed E-state index contributed by atoms with van der Waals surface area (Å²) in [4.78, 5) is 39.8. The molecule has 5 nitrogen and oxygen atoms in total. The first-order chi connectivity index (χ1) is 13.9. The summed E-state index contributed by atoms with van der Waals surface area (Å²) in [6.07, 6.45) is 3.72. The van der Waals surface area contributed by atoms with Gasteiger partial charge in [0.15, 0.2) is 0 Å². The highest BCUT2D eigenvalue weighted by molar-refractivity contribution is 14.1. The van der Waals surface area contributed by atoms with Gasteiger partial charge >= 0.3 is 0 Å². The molecular formula is C21H23Br2IN2O3. The van der Waals surface area contributed by atoms with Crippen molar-refractivity contribution in [1.82, 2.24) is 4.90 Å². The number of likely N-dealkylation sites (tertiary alicyclic amines) is 1. The summed E-state index contributed by atoms with van der Waals surface area (Å²) in [7, 11) is 0. The second-order valence-electron chi connectivity index (χ2n) is 8.20. The number of hydrogen-bond donors (Lipinski definition) is 1. The van der Waals surface area contributed by atoms with Crippen LogP contribution < -0.4 is 5.32 Å². The number of alkyl halides is 2. The maximum Gasteiger partial charge on any atom is 0.233 e. The van der Waals surface area contributed by atoms with E-state index in [0.29, 0.717) is 13.0 Å². The van der Waals surface area contributed by atoms with Gasteiger partial charge in [0.25, 0.3) is 0 Å². The molecule has 1 aromatic rings. The first kappa shape index (κ1) is 21.7. The van der Waals surface area contributed by atoms with Crippen LogP contribution in [-0.4, -0.2) is 38.8 Å². The molecule has 1 aromatic carbocycles. The third-order valence-corrected chi connectivity index (χ3v) is 10.4. The van der Waals surface area contributed by atoms with Crippen LogP contribution in [0, 0.1) is 27.2 Å². The Bertz CT molecular complexity index is 787. The molecule has 29 heavy (non-hydrogen) atoms. The summed E-state index contributed by atoms with van der Waals surface area (Å²) >= 11 is 9.65. The fourth-order valence-electron chi connectivity index (χ4n) is 5.12. The highest BCUT2D eigenvalue weighted by Gasteiger charge is 2.66. The number of halogens is 3. The van der Waals surface area contributed by atoms with Gasteiger partial charge in [-0.3, -0.25) is 19.3 Å². The molecule has 2 saturated carbocycles. The van der Waals surface area contributed by atoms with Crippen molar-refractivity contribution in [2.75, 3.05) is 11.9 Å². The van der Waals surface area contributed by atoms with Gasteiger partial charge in [-0.25, -0.2) is 0 Å². The van der Waals surface area contributed by atoms with Crippen LogP contribution in [0.5, 0.6) is 0 Å². The van der Waals surface area contributed by atoms with E-state index in [-0.39, 0.29) is 51.0 Å². The first-order valence-corrected chi connectivity index (χ1v) is 13.0. The van der Waals surface area contributed by atoms with E-state index >= 15 is 0 Å². The third kappa shape index (κ3) is 4.18. The standard InChI is InChI=1S/C21H23Br2IN2O3/c22-18-13-10-14(19(18)23)17-16(13)20(28)26(21(17)29)9-3-1-2-4-15(27)25-12-7-5-11(24)6-8-12/h5-8,13-14,16-19H,1-4,9-10H2,(H,25,27)/t13-,14-,16-,17-,18-,19+/m1/s1. The van der Waals surface area contributed by atoms with Crippen LogP contribution in [0.2, 0.25) is 0 Å². The van der Waals surface area contributed by atoms with Gasteiger partial charge in [0.2, 0.25) is 17.7 Å². The molecule has 6 atom stereocenters. The highest BCUT2D eigenvalue weighted by Crippen LogP contribution is 2.60. The molecule has 2 aliphatic carbocycles. The summed E-state index contributed by atoms with van der Waals surface area (Å²) < 4.78 is 1.13. The Morgan fingerprint density at radius 1 is 1.00 bits per heavy atom. The van der Waals surface area contributed by atoms with Crippen molar-refractivity contribution in [3.8, 4) is 0 Å². The number of carbonyl (C=O) groups excluding carboxylic acids is 3. The molecule has 1 aliphatic heterocycles. The molecular weight excluding hydrogens is 615 g/mol. The van der Waals surface area contributed by atoms with E-state index in [1.165, 1.54) is 4.90 Å². The number of amides is 3. The molecule has 1 N–H and O–H groups in total. The predicted octanol–water partition coefficient (Wildman–Crippen LogP) is 4.57. The van der Waals surface area contributed by atoms with Crippen LogP contribution in [0.25, 0.3) is 0 Å². The molecule has 0 radical (unpaired) electrons. The zero-order chi connectivity index (χ0) is 20.7. The van der Waals surface area contributed by atoms with E-state index in [1.807, 2.05) is 24.3 Å². The second-order valence-corrected chi connectivity index (χ2v) is 11.6. The molecule has 1 heterocycles. The van der Waals surface area contributed by atoms with Crippen LogP contribution in [-0.2, 0) is 14.4 Å². The van der Waals surface area contributed by atoms with Crippen molar-refractivity contribution >= 4 is 77.9 Å². The number of hydrogen-bond acceptors (Lipinski definition) is 3. The smallest absolute Gasteiger partial charge is 0.233 e. The Morgan fingerprint density at radius 2 is 1.59 bits per heavy atom. The summed E-state index contributed by atoms with van der Waals surface area (Å²) in [5.41, 5.74) is 0.806. The van der Waals surface area contributed by atoms with Gasteiger partial charge < -0.3 is 5.32 Å². The highest BCUT2D eigenvalue weighted by atomic mass is 127. The van der Waals surface area contributed by atoms with Crippen molar-refractivity contribution in [2.24, 2.45) is 23.7 Å². The number of anilines is 1. The molecule has 0 unspecified atom stereocenters. The van der Waals surface area contributed by atoms with Crippen molar-refractivity contribution in [3.05, 3.63) is 27.8 Å². The number of fused-ring (bicyclic) bond motifs is 5. The monoisotopic (exact) mass is 636 g/mol. The molecule has 156 valence electrons. The van der Waals surface area contributed by atoms with Gasteiger partial charge in [0.05, 0.1) is 11.8 Å². The zero-order valence-corrected chi connectivity index (χ0v) is 21.2. The minimum atomic E-state index is -0.134. The van der Waals surface area contributed by atoms with E-state index in [9.17, 15) is 14.4 Å². The molecule has 0 spiro atoms. The van der Waals surface area contributed by atoms with E-state index in [0.717, 1.165) is 34.9 Å². The van der Waals surface area contributed by atoms with E-state index < -0.39 is 0 Å². The summed E-state index contributed by atoms with van der Waals surface area (Å²) in [6.45, 7) is 0.475. The largest absolute Gasteiger partial charge is 0.326 e. The number of nitrogens with zero attached hydrogens (tertiary/aromatic N) is 1. The number of carbonyl (C=O) groups is 3. The summed E-state index contributed by atoms with van der Waals surface area (Å²) in [5.74, 6) is 0.301. The SMILES string of the molecule is O=C(CCCCCN1C(=O)[C@@H]2[C@H]3C[C@@H]([C@@H](Br)[C@H]3Br)[C@H]2C1=O)Nc1ccc(I)cc1. The Balaban J connectivity index is 1.20. The molecule has 2 bridgehead atoms. The molecule has 1 saturated heterocycles. The van der Waals surface area contributed by atoms with Crippen LogP contribution in [0.1, 0.15) is 32.1 Å². The van der Waals surface area contributed by atoms with Gasteiger partial charge in [-0.05, 0) is 78.0 Å². The van der Waals surface area contributed by atoms with Gasteiger partial charge in [-0.1, -0.05) is 38.3 Å². The van der Waals surface area contributed by atoms with Crippen LogP contribution in [0.3, 0.4) is 0 Å². The molecule has 4 rings (SSSR count). The van der Waals surface area contributed by atoms with E-state index in [4.69, 9.17) is 0 Å². The zero-order valence-electron chi connectivity index (χ0n) is 15.8. The Morgan fingerprint density at radius 3 is 2.17 bits per heavy atom. The molecule has 3 fully saturated rings. The van der Waals surface area contributed by atoms with Crippen molar-refractivity contribution in [2.45, 2.75) is 41.8 Å². The number of nitrogens with one attached hydrogen (secondary N) is 1. The van der Waals surface area contributed by atoms with Crippen molar-refractivity contribution < 1.29 is 14.4 Å². The van der Waals surface area contributed by atoms with Crippen molar-refractivity contribution in [3.63, 3.8) is 0 Å². The lowest BCUT2D eigenvalue weighted by atomic mass is 9.81. The average Bonchev–Trinajstić information content (AvgIpc) is 3.29. The maximum absolute atomic E-state index is 12.8. The Hall–Kier alpha value is -0.480. The number of rotatable bonds is 7. The fraction of sp³-hybridized carbons (Fsp3) is 0.571. The van der Waals surface area contributed by atoms with Gasteiger partial charge in [-0.2, -0.15) is 0 Å². The minimum Gasteiger partial charge on any atom is -0.326 e. The van der Waals surface area contributed by atoms with Crippen LogP contribution >= 0.6 is 54.5 Å². The quantitative estimate of drug-likeness (QED) is 0.206. The Kier molecular flexibility index (Phi) is 6.70. The number of benzene rings is 1. The minimum absolute atomic E-state index is 0.00244. The predicted molar refractivity (Wildman–Crippen MR) is 127 cm³/mol. The van der Waals surface area contributed by atoms with Crippen LogP contribution in [0.4, 0.5) is 5.69 Å². The maximum atomic E-state index is 12.8. The fourth-order valence-corrected chi connectivity index (χ4v) is 7.35. The average molecular weight is 638 g/mol. The Labute approximate surface area is 201 Å². The second kappa shape index (κ2) is 8.94. The summed E-state index contributed by atoms with van der Waals surface area (Å²) in [5, 5.41) is 2.90. The lowest BCUT2D eigenvalue weighted by molar-refractivity contribution is -0.140. The lowest BCUT2D eigenvalue weighted by Gasteiger charge is -2.28. The molecule has 0 aromatic heterocycles. The van der Waals surface area contributed by atoms with Crippen LogP contribution in [0.15, 0.2) is 24.3 Å². The van der Waals surface area contributed by atoms with Gasteiger partial charge in [0.1, 0.15) is 0 Å². The third-order valence-electron chi connectivity index (χ3n) is 6.49. The first-order valence-electron chi connectivity index (χ1n) is 10.1. The summed E-state index contributed by atoms with van der Waals surface area (Å²) in [6, 6.07) is 7.70. The van der Waals surface area contributed by atoms with E-state index in [1.54, 1.807) is 0 Å². The van der Waals surface area contributed by atoms with Crippen molar-refractivity contribution in [1.29, 1.82) is 0 Å². The van der Waals surface area contributed by atoms with Gasteiger partial charge in [-0.15, -0.1) is 0 Å². The van der Waals surface area contributed by atoms with Gasteiger partial charge in [0, 0.05) is 31.9 Å². The lowest BCUT2D eigenvalue weighted by Crippen LogP contribution is -2.37.